The SMILES string of the molecule is C[C@@H](OC(=O)c1ccccc1Cl)C(=O)Nc1ccc2c(c1)OCCO2. The highest BCUT2D eigenvalue weighted by Gasteiger charge is 2.21. The van der Waals surface area contributed by atoms with E-state index in [0.29, 0.717) is 30.4 Å². The first-order valence-corrected chi connectivity index (χ1v) is 8.08. The Labute approximate surface area is 149 Å². The van der Waals surface area contributed by atoms with Crippen molar-refractivity contribution in [3.05, 3.63) is 53.1 Å². The summed E-state index contributed by atoms with van der Waals surface area (Å²) in [6.07, 6.45) is -0.989. The maximum Gasteiger partial charge on any atom is 0.340 e. The second-order valence-electron chi connectivity index (χ2n) is 5.38. The van der Waals surface area contributed by atoms with Crippen LogP contribution in [0, 0.1) is 0 Å². The Morgan fingerprint density at radius 1 is 1.12 bits per heavy atom. The van der Waals surface area contributed by atoms with Crippen molar-refractivity contribution in [1.29, 1.82) is 0 Å². The smallest absolute Gasteiger partial charge is 0.340 e. The summed E-state index contributed by atoms with van der Waals surface area (Å²) in [7, 11) is 0. The molecule has 1 N–H and O–H groups in total. The van der Waals surface area contributed by atoms with Crippen LogP contribution in [0.1, 0.15) is 17.3 Å². The van der Waals surface area contributed by atoms with E-state index >= 15 is 0 Å². The lowest BCUT2D eigenvalue weighted by Gasteiger charge is -2.19. The zero-order chi connectivity index (χ0) is 17.8. The number of amides is 1. The van der Waals surface area contributed by atoms with Gasteiger partial charge in [0.2, 0.25) is 0 Å². The molecular formula is C18H16ClNO5. The van der Waals surface area contributed by atoms with Gasteiger partial charge in [-0.25, -0.2) is 4.79 Å². The summed E-state index contributed by atoms with van der Waals surface area (Å²) in [5, 5.41) is 2.95. The average molecular weight is 362 g/mol. The summed E-state index contributed by atoms with van der Waals surface area (Å²) in [4.78, 5) is 24.3. The minimum Gasteiger partial charge on any atom is -0.486 e. The van der Waals surface area contributed by atoms with Crippen molar-refractivity contribution < 1.29 is 23.8 Å². The molecule has 2 aromatic carbocycles. The minimum atomic E-state index is -0.989. The van der Waals surface area contributed by atoms with Crippen LogP contribution in [0.4, 0.5) is 5.69 Å². The van der Waals surface area contributed by atoms with Crippen molar-refractivity contribution in [2.24, 2.45) is 0 Å². The summed E-state index contributed by atoms with van der Waals surface area (Å²) >= 11 is 5.95. The van der Waals surface area contributed by atoms with Gasteiger partial charge in [-0.3, -0.25) is 4.79 Å². The van der Waals surface area contributed by atoms with Crippen LogP contribution in [-0.4, -0.2) is 31.2 Å². The quantitative estimate of drug-likeness (QED) is 0.846. The number of hydrogen-bond acceptors (Lipinski definition) is 5. The van der Waals surface area contributed by atoms with Gasteiger partial charge in [0.25, 0.3) is 5.91 Å². The van der Waals surface area contributed by atoms with E-state index in [-0.39, 0.29) is 10.6 Å². The molecular weight excluding hydrogens is 346 g/mol. The number of anilines is 1. The Morgan fingerprint density at radius 3 is 2.60 bits per heavy atom. The van der Waals surface area contributed by atoms with E-state index in [2.05, 4.69) is 5.32 Å². The fraction of sp³-hybridized carbons (Fsp3) is 0.222. The van der Waals surface area contributed by atoms with Crippen LogP contribution < -0.4 is 14.8 Å². The highest BCUT2D eigenvalue weighted by molar-refractivity contribution is 6.33. The molecule has 0 saturated carbocycles. The van der Waals surface area contributed by atoms with Gasteiger partial charge in [0.15, 0.2) is 17.6 Å². The van der Waals surface area contributed by atoms with Crippen LogP contribution in [-0.2, 0) is 9.53 Å². The van der Waals surface area contributed by atoms with Crippen LogP contribution >= 0.6 is 11.6 Å². The first-order valence-electron chi connectivity index (χ1n) is 7.70. The molecule has 0 saturated heterocycles. The Hall–Kier alpha value is -2.73. The van der Waals surface area contributed by atoms with E-state index in [0.717, 1.165) is 0 Å². The predicted octanol–water partition coefficient (Wildman–Crippen LogP) is 3.30. The third-order valence-corrected chi connectivity index (χ3v) is 3.89. The van der Waals surface area contributed by atoms with Crippen LogP contribution in [0.2, 0.25) is 5.02 Å². The molecule has 1 amide bonds. The molecule has 0 aliphatic carbocycles. The Bertz CT molecular complexity index is 808. The summed E-state index contributed by atoms with van der Waals surface area (Å²) < 4.78 is 16.1. The number of fused-ring (bicyclic) bond motifs is 1. The molecule has 6 nitrogen and oxygen atoms in total. The third-order valence-electron chi connectivity index (χ3n) is 3.56. The van der Waals surface area contributed by atoms with Gasteiger partial charge in [-0.15, -0.1) is 0 Å². The molecule has 2 aromatic rings. The van der Waals surface area contributed by atoms with Crippen molar-refractivity contribution in [3.8, 4) is 11.5 Å². The van der Waals surface area contributed by atoms with Gasteiger partial charge >= 0.3 is 5.97 Å². The van der Waals surface area contributed by atoms with Crippen molar-refractivity contribution >= 4 is 29.2 Å². The third kappa shape index (κ3) is 4.03. The number of carbonyl (C=O) groups excluding carboxylic acids is 2. The van der Waals surface area contributed by atoms with E-state index in [4.69, 9.17) is 25.8 Å². The number of ether oxygens (including phenoxy) is 3. The fourth-order valence-corrected chi connectivity index (χ4v) is 2.48. The topological polar surface area (TPSA) is 73.9 Å². The van der Waals surface area contributed by atoms with E-state index < -0.39 is 18.0 Å². The van der Waals surface area contributed by atoms with Crippen LogP contribution in [0.25, 0.3) is 0 Å². The highest BCUT2D eigenvalue weighted by atomic mass is 35.5. The molecule has 0 radical (unpaired) electrons. The molecule has 0 unspecified atom stereocenters. The molecule has 3 rings (SSSR count). The van der Waals surface area contributed by atoms with Gasteiger partial charge in [0.05, 0.1) is 10.6 Å². The maximum absolute atomic E-state index is 12.2. The van der Waals surface area contributed by atoms with Gasteiger partial charge in [0, 0.05) is 11.8 Å². The molecule has 130 valence electrons. The molecule has 1 atom stereocenters. The number of benzene rings is 2. The molecule has 0 bridgehead atoms. The number of esters is 1. The second-order valence-corrected chi connectivity index (χ2v) is 5.78. The summed E-state index contributed by atoms with van der Waals surface area (Å²) in [6, 6.07) is 11.6. The van der Waals surface area contributed by atoms with E-state index in [1.165, 1.54) is 13.0 Å². The van der Waals surface area contributed by atoms with Crippen molar-refractivity contribution in [2.45, 2.75) is 13.0 Å². The standard InChI is InChI=1S/C18H16ClNO5/c1-11(25-18(22)13-4-2-3-5-14(13)19)17(21)20-12-6-7-15-16(10-12)24-9-8-23-15/h2-7,10-11H,8-9H2,1H3,(H,20,21)/t11-/m1/s1. The molecule has 7 heteroatoms. The van der Waals surface area contributed by atoms with Crippen molar-refractivity contribution in [3.63, 3.8) is 0 Å². The lowest BCUT2D eigenvalue weighted by molar-refractivity contribution is -0.123. The fourth-order valence-electron chi connectivity index (χ4n) is 2.27. The van der Waals surface area contributed by atoms with Gasteiger partial charge in [-0.2, -0.15) is 0 Å². The van der Waals surface area contributed by atoms with Crippen molar-refractivity contribution in [1.82, 2.24) is 0 Å². The number of nitrogens with one attached hydrogen (secondary N) is 1. The number of halogens is 1. The first kappa shape index (κ1) is 17.1. The number of carbonyl (C=O) groups is 2. The average Bonchev–Trinajstić information content (AvgIpc) is 2.61. The van der Waals surface area contributed by atoms with Gasteiger partial charge in [-0.05, 0) is 31.2 Å². The summed E-state index contributed by atoms with van der Waals surface area (Å²) in [6.45, 7) is 2.44. The predicted molar refractivity (Wildman–Crippen MR) is 92.4 cm³/mol. The van der Waals surface area contributed by atoms with Gasteiger partial charge < -0.3 is 19.5 Å². The molecule has 0 aromatic heterocycles. The zero-order valence-corrected chi connectivity index (χ0v) is 14.2. The molecule has 1 aliphatic rings. The minimum absolute atomic E-state index is 0.211. The van der Waals surface area contributed by atoms with Crippen molar-refractivity contribution in [2.75, 3.05) is 18.5 Å². The Balaban J connectivity index is 1.63. The Kier molecular flexibility index (Phi) is 5.09. The highest BCUT2D eigenvalue weighted by Crippen LogP contribution is 2.32. The number of rotatable bonds is 4. The summed E-state index contributed by atoms with van der Waals surface area (Å²) in [5.41, 5.74) is 0.734. The molecule has 25 heavy (non-hydrogen) atoms. The second kappa shape index (κ2) is 7.44. The van der Waals surface area contributed by atoms with E-state index in [9.17, 15) is 9.59 Å². The largest absolute Gasteiger partial charge is 0.486 e. The molecule has 0 fully saturated rings. The molecule has 0 spiro atoms. The van der Waals surface area contributed by atoms with Crippen LogP contribution in [0.3, 0.4) is 0 Å². The van der Waals surface area contributed by atoms with Gasteiger partial charge in [0.1, 0.15) is 13.2 Å². The van der Waals surface area contributed by atoms with E-state index in [1.54, 1.807) is 36.4 Å². The normalized spacial score (nSPS) is 13.7. The molecule has 1 heterocycles. The summed E-state index contributed by atoms with van der Waals surface area (Å²) in [5.74, 6) is 0.0692. The lowest BCUT2D eigenvalue weighted by Crippen LogP contribution is -2.30. The van der Waals surface area contributed by atoms with Crippen LogP contribution in [0.15, 0.2) is 42.5 Å². The van der Waals surface area contributed by atoms with E-state index in [1.807, 2.05) is 0 Å². The van der Waals surface area contributed by atoms with Crippen LogP contribution in [0.5, 0.6) is 11.5 Å². The monoisotopic (exact) mass is 361 g/mol. The Morgan fingerprint density at radius 2 is 1.84 bits per heavy atom. The maximum atomic E-state index is 12.2. The zero-order valence-electron chi connectivity index (χ0n) is 13.5. The number of hydrogen-bond donors (Lipinski definition) is 1. The lowest BCUT2D eigenvalue weighted by atomic mass is 10.2. The molecule has 1 aliphatic heterocycles. The first-order chi connectivity index (χ1) is 12.0. The van der Waals surface area contributed by atoms with Gasteiger partial charge in [-0.1, -0.05) is 23.7 Å².